The Morgan fingerprint density at radius 2 is 2.08 bits per heavy atom. The van der Waals surface area contributed by atoms with Crippen LogP contribution in [0.4, 0.5) is 20.2 Å². The van der Waals surface area contributed by atoms with Crippen molar-refractivity contribution in [2.75, 3.05) is 5.32 Å². The van der Waals surface area contributed by atoms with E-state index in [0.29, 0.717) is 24.4 Å². The molecule has 9 heteroatoms. The molecule has 24 heavy (non-hydrogen) atoms. The minimum absolute atomic E-state index is 0.0405. The summed E-state index contributed by atoms with van der Waals surface area (Å²) in [6, 6.07) is 2.79. The zero-order chi connectivity index (χ0) is 17.9. The molecular formula is C15H16F2N4O3. The van der Waals surface area contributed by atoms with Gasteiger partial charge in [0, 0.05) is 19.0 Å². The van der Waals surface area contributed by atoms with Crippen LogP contribution in [0.15, 0.2) is 18.2 Å². The van der Waals surface area contributed by atoms with Gasteiger partial charge in [0.15, 0.2) is 0 Å². The second-order valence-electron chi connectivity index (χ2n) is 5.28. The van der Waals surface area contributed by atoms with E-state index in [1.807, 2.05) is 0 Å². The number of rotatable bonds is 6. The van der Waals surface area contributed by atoms with Crippen LogP contribution in [0.3, 0.4) is 0 Å². The summed E-state index contributed by atoms with van der Waals surface area (Å²) >= 11 is 0. The smallest absolute Gasteiger partial charge is 0.312 e. The minimum Gasteiger partial charge on any atom is -0.324 e. The summed E-state index contributed by atoms with van der Waals surface area (Å²) < 4.78 is 27.9. The number of benzene rings is 1. The lowest BCUT2D eigenvalue weighted by Crippen LogP contribution is -2.14. The zero-order valence-corrected chi connectivity index (χ0v) is 13.2. The summed E-state index contributed by atoms with van der Waals surface area (Å²) in [7, 11) is 0. The van der Waals surface area contributed by atoms with Crippen LogP contribution in [0.5, 0.6) is 0 Å². The summed E-state index contributed by atoms with van der Waals surface area (Å²) in [5.41, 5.74) is 0.459. The summed E-state index contributed by atoms with van der Waals surface area (Å²) in [6.07, 6.45) is 0.393. The second kappa shape index (κ2) is 7.16. The predicted molar refractivity (Wildman–Crippen MR) is 82.6 cm³/mol. The quantitative estimate of drug-likeness (QED) is 0.647. The number of amides is 1. The average molecular weight is 338 g/mol. The number of carbonyl (C=O) groups is 1. The third-order valence-electron chi connectivity index (χ3n) is 3.50. The van der Waals surface area contributed by atoms with Crippen LogP contribution in [0, 0.1) is 35.6 Å². The first kappa shape index (κ1) is 17.5. The Bertz CT molecular complexity index is 789. The van der Waals surface area contributed by atoms with E-state index in [0.717, 1.165) is 18.2 Å². The van der Waals surface area contributed by atoms with Crippen LogP contribution < -0.4 is 5.32 Å². The molecule has 2 rings (SSSR count). The van der Waals surface area contributed by atoms with Gasteiger partial charge in [0.05, 0.1) is 10.6 Å². The number of anilines is 1. The molecule has 0 spiro atoms. The standard InChI is InChI=1S/C15H16F2N4O3/c1-9-15(21(23)24)10(2)20(19-9)7-3-4-14(22)18-13-8-11(16)5-6-12(13)17/h5-6,8H,3-4,7H2,1-2H3,(H,18,22). The van der Waals surface area contributed by atoms with Crippen LogP contribution >= 0.6 is 0 Å². The SMILES string of the molecule is Cc1nn(CCCC(=O)Nc2cc(F)ccc2F)c(C)c1[N+](=O)[O-]. The first-order valence-electron chi connectivity index (χ1n) is 7.23. The van der Waals surface area contributed by atoms with Crippen molar-refractivity contribution in [3.05, 3.63) is 51.3 Å². The lowest BCUT2D eigenvalue weighted by molar-refractivity contribution is -0.386. The van der Waals surface area contributed by atoms with Gasteiger partial charge in [-0.15, -0.1) is 0 Å². The number of nitrogens with zero attached hydrogens (tertiary/aromatic N) is 3. The van der Waals surface area contributed by atoms with E-state index >= 15 is 0 Å². The fourth-order valence-electron chi connectivity index (χ4n) is 2.36. The van der Waals surface area contributed by atoms with Gasteiger partial charge >= 0.3 is 5.69 Å². The Balaban J connectivity index is 1.93. The number of carbonyl (C=O) groups excluding carboxylic acids is 1. The van der Waals surface area contributed by atoms with Crippen molar-refractivity contribution in [3.8, 4) is 0 Å². The number of hydrogen-bond acceptors (Lipinski definition) is 4. The van der Waals surface area contributed by atoms with E-state index in [1.165, 1.54) is 4.68 Å². The average Bonchev–Trinajstić information content (AvgIpc) is 2.77. The van der Waals surface area contributed by atoms with Gasteiger partial charge in [-0.1, -0.05) is 0 Å². The first-order chi connectivity index (χ1) is 11.3. The van der Waals surface area contributed by atoms with Crippen LogP contribution in [-0.2, 0) is 11.3 Å². The molecule has 1 amide bonds. The maximum Gasteiger partial charge on any atom is 0.312 e. The molecule has 0 aliphatic rings. The van der Waals surface area contributed by atoms with Gasteiger partial charge in [0.2, 0.25) is 5.91 Å². The molecule has 0 saturated heterocycles. The molecule has 0 radical (unpaired) electrons. The topological polar surface area (TPSA) is 90.1 Å². The van der Waals surface area contributed by atoms with Crippen molar-refractivity contribution >= 4 is 17.3 Å². The van der Waals surface area contributed by atoms with Crippen molar-refractivity contribution < 1.29 is 18.5 Å². The minimum atomic E-state index is -0.723. The molecule has 7 nitrogen and oxygen atoms in total. The number of hydrogen-bond donors (Lipinski definition) is 1. The van der Waals surface area contributed by atoms with Gasteiger partial charge in [0.1, 0.15) is 23.0 Å². The third-order valence-corrected chi connectivity index (χ3v) is 3.50. The summed E-state index contributed by atoms with van der Waals surface area (Å²) in [6.45, 7) is 3.43. The van der Waals surface area contributed by atoms with Gasteiger partial charge < -0.3 is 5.32 Å². The monoisotopic (exact) mass is 338 g/mol. The molecule has 0 saturated carbocycles. The van der Waals surface area contributed by atoms with Crippen molar-refractivity contribution in [1.82, 2.24) is 9.78 Å². The Morgan fingerprint density at radius 1 is 1.38 bits per heavy atom. The molecule has 0 fully saturated rings. The van der Waals surface area contributed by atoms with E-state index in [-0.39, 0.29) is 17.8 Å². The molecule has 0 unspecified atom stereocenters. The maximum absolute atomic E-state index is 13.4. The van der Waals surface area contributed by atoms with Gasteiger partial charge in [-0.25, -0.2) is 8.78 Å². The predicted octanol–water partition coefficient (Wildman–Crippen LogP) is 3.11. The van der Waals surface area contributed by atoms with Crippen molar-refractivity contribution in [2.24, 2.45) is 0 Å². The van der Waals surface area contributed by atoms with Gasteiger partial charge in [0.25, 0.3) is 0 Å². The fraction of sp³-hybridized carbons (Fsp3) is 0.333. The fourth-order valence-corrected chi connectivity index (χ4v) is 2.36. The molecule has 2 aromatic rings. The van der Waals surface area contributed by atoms with E-state index < -0.39 is 22.5 Å². The molecule has 0 atom stereocenters. The van der Waals surface area contributed by atoms with Crippen LogP contribution in [0.2, 0.25) is 0 Å². The third kappa shape index (κ3) is 3.92. The normalized spacial score (nSPS) is 10.7. The lowest BCUT2D eigenvalue weighted by atomic mass is 10.2. The number of halogens is 2. The first-order valence-corrected chi connectivity index (χ1v) is 7.23. The summed E-state index contributed by atoms with van der Waals surface area (Å²) in [4.78, 5) is 22.2. The zero-order valence-electron chi connectivity index (χ0n) is 13.2. The van der Waals surface area contributed by atoms with Gasteiger partial charge in [-0.3, -0.25) is 19.6 Å². The van der Waals surface area contributed by atoms with Gasteiger partial charge in [-0.05, 0) is 32.4 Å². The Labute approximate surface area is 136 Å². The summed E-state index contributed by atoms with van der Waals surface area (Å²) in [5.74, 6) is -1.85. The van der Waals surface area contributed by atoms with E-state index in [1.54, 1.807) is 13.8 Å². The Hall–Kier alpha value is -2.84. The van der Waals surface area contributed by atoms with Crippen molar-refractivity contribution in [1.29, 1.82) is 0 Å². The highest BCUT2D eigenvalue weighted by molar-refractivity contribution is 5.90. The lowest BCUT2D eigenvalue weighted by Gasteiger charge is -2.07. The highest BCUT2D eigenvalue weighted by atomic mass is 19.1. The molecule has 1 N–H and O–H groups in total. The number of aryl methyl sites for hydroxylation is 2. The molecule has 1 heterocycles. The highest BCUT2D eigenvalue weighted by Crippen LogP contribution is 2.22. The summed E-state index contributed by atoms with van der Waals surface area (Å²) in [5, 5.41) is 17.3. The van der Waals surface area contributed by atoms with Crippen LogP contribution in [-0.4, -0.2) is 20.6 Å². The molecular weight excluding hydrogens is 322 g/mol. The maximum atomic E-state index is 13.4. The molecule has 0 bridgehead atoms. The number of nitro groups is 1. The van der Waals surface area contributed by atoms with Crippen LogP contribution in [0.1, 0.15) is 24.2 Å². The Kier molecular flexibility index (Phi) is 5.22. The molecule has 0 aliphatic heterocycles. The number of nitrogens with one attached hydrogen (secondary N) is 1. The van der Waals surface area contributed by atoms with Crippen molar-refractivity contribution in [3.63, 3.8) is 0 Å². The molecule has 1 aromatic carbocycles. The van der Waals surface area contributed by atoms with E-state index in [2.05, 4.69) is 10.4 Å². The molecule has 1 aromatic heterocycles. The molecule has 128 valence electrons. The molecule has 0 aliphatic carbocycles. The Morgan fingerprint density at radius 3 is 2.71 bits per heavy atom. The van der Waals surface area contributed by atoms with E-state index in [9.17, 15) is 23.7 Å². The van der Waals surface area contributed by atoms with Gasteiger partial charge in [-0.2, -0.15) is 5.10 Å². The van der Waals surface area contributed by atoms with Crippen LogP contribution in [0.25, 0.3) is 0 Å². The van der Waals surface area contributed by atoms with E-state index in [4.69, 9.17) is 0 Å². The second-order valence-corrected chi connectivity index (χ2v) is 5.28. The highest BCUT2D eigenvalue weighted by Gasteiger charge is 2.21. The number of aromatic nitrogens is 2. The largest absolute Gasteiger partial charge is 0.324 e. The van der Waals surface area contributed by atoms with Crippen molar-refractivity contribution in [2.45, 2.75) is 33.2 Å².